The monoisotopic (exact) mass is 343 g/mol. The Morgan fingerprint density at radius 3 is 2.70 bits per heavy atom. The minimum Gasteiger partial charge on any atom is -0.394 e. The highest BCUT2D eigenvalue weighted by Gasteiger charge is 2.61. The number of nitrogens with one attached hydrogen (secondary N) is 1. The van der Waals surface area contributed by atoms with Gasteiger partial charge in [0.2, 0.25) is 0 Å². The lowest BCUT2D eigenvalue weighted by Gasteiger charge is -2.60. The van der Waals surface area contributed by atoms with Crippen LogP contribution in [0.3, 0.4) is 0 Å². The van der Waals surface area contributed by atoms with Gasteiger partial charge in [0.15, 0.2) is 5.82 Å². The molecule has 2 unspecified atom stereocenters. The number of amides is 1. The van der Waals surface area contributed by atoms with Crippen molar-refractivity contribution in [3.8, 4) is 0 Å². The van der Waals surface area contributed by atoms with E-state index in [-0.39, 0.29) is 23.3 Å². The zero-order valence-corrected chi connectivity index (χ0v) is 14.6. The lowest BCUT2D eigenvalue weighted by molar-refractivity contribution is -0.172. The van der Waals surface area contributed by atoms with Gasteiger partial charge in [0.25, 0.3) is 5.91 Å². The van der Waals surface area contributed by atoms with Crippen molar-refractivity contribution >= 4 is 17.5 Å². The maximum Gasteiger partial charge on any atom is 0.254 e. The molecule has 128 valence electrons. The molecule has 4 nitrogen and oxygen atoms in total. The molecule has 1 fully saturated rings. The van der Waals surface area contributed by atoms with E-state index < -0.39 is 22.7 Å². The number of aliphatic hydroxyl groups is 1. The first-order chi connectivity index (χ1) is 10.7. The van der Waals surface area contributed by atoms with Gasteiger partial charge in [-0.3, -0.25) is 4.79 Å². The van der Waals surface area contributed by atoms with Gasteiger partial charge in [-0.25, -0.2) is 4.39 Å². The minimum absolute atomic E-state index is 0.0595. The molecular formula is C17H23ClFNO3. The fourth-order valence-electron chi connectivity index (χ4n) is 3.11. The average Bonchev–Trinajstić information content (AvgIpc) is 2.51. The number of halogens is 2. The SMILES string of the molecule is CCOC1CC(CO)(NC(=O)c2ccc(C)c(Cl)c2F)C1(C)C. The largest absolute Gasteiger partial charge is 0.394 e. The van der Waals surface area contributed by atoms with Crippen LogP contribution in [0.2, 0.25) is 5.02 Å². The molecule has 1 saturated carbocycles. The summed E-state index contributed by atoms with van der Waals surface area (Å²) in [6, 6.07) is 3.00. The van der Waals surface area contributed by atoms with E-state index in [4.69, 9.17) is 16.3 Å². The van der Waals surface area contributed by atoms with Gasteiger partial charge < -0.3 is 15.2 Å². The van der Waals surface area contributed by atoms with Crippen molar-refractivity contribution in [3.05, 3.63) is 34.1 Å². The van der Waals surface area contributed by atoms with Crippen molar-refractivity contribution in [2.24, 2.45) is 5.41 Å². The van der Waals surface area contributed by atoms with Crippen LogP contribution >= 0.6 is 11.6 Å². The van der Waals surface area contributed by atoms with Gasteiger partial charge in [0.1, 0.15) is 0 Å². The number of ether oxygens (including phenoxy) is 1. The molecule has 1 amide bonds. The molecule has 0 aromatic heterocycles. The highest BCUT2D eigenvalue weighted by Crippen LogP contribution is 2.51. The van der Waals surface area contributed by atoms with Gasteiger partial charge in [-0.15, -0.1) is 0 Å². The van der Waals surface area contributed by atoms with Gasteiger partial charge in [-0.1, -0.05) is 31.5 Å². The minimum atomic E-state index is -0.840. The number of aryl methyl sites for hydroxylation is 1. The van der Waals surface area contributed by atoms with E-state index in [1.807, 2.05) is 20.8 Å². The fourth-order valence-corrected chi connectivity index (χ4v) is 3.27. The molecule has 1 aromatic carbocycles. The Morgan fingerprint density at radius 1 is 1.52 bits per heavy atom. The molecule has 2 N–H and O–H groups in total. The quantitative estimate of drug-likeness (QED) is 0.863. The summed E-state index contributed by atoms with van der Waals surface area (Å²) in [5.74, 6) is -1.32. The fraction of sp³-hybridized carbons (Fsp3) is 0.588. The summed E-state index contributed by atoms with van der Waals surface area (Å²) in [5.41, 5.74) is -0.853. The van der Waals surface area contributed by atoms with E-state index in [9.17, 15) is 14.3 Å². The number of carbonyl (C=O) groups excluding carboxylic acids is 1. The number of rotatable bonds is 5. The molecular weight excluding hydrogens is 321 g/mol. The molecule has 1 aromatic rings. The van der Waals surface area contributed by atoms with Crippen molar-refractivity contribution in [3.63, 3.8) is 0 Å². The number of hydrogen-bond donors (Lipinski definition) is 2. The predicted molar refractivity (Wildman–Crippen MR) is 87.2 cm³/mol. The Balaban J connectivity index is 2.24. The van der Waals surface area contributed by atoms with Crippen LogP contribution in [0, 0.1) is 18.2 Å². The third kappa shape index (κ3) is 2.86. The van der Waals surface area contributed by atoms with Crippen LogP contribution in [-0.2, 0) is 4.74 Å². The Hall–Kier alpha value is -1.17. The van der Waals surface area contributed by atoms with E-state index in [1.165, 1.54) is 6.07 Å². The van der Waals surface area contributed by atoms with Gasteiger partial charge in [-0.05, 0) is 25.5 Å². The standard InChI is InChI=1S/C17H23ClFNO3/c1-5-23-12-8-17(9-21,16(12,3)4)20-15(22)11-7-6-10(2)13(18)14(11)19/h6-7,12,21H,5,8-9H2,1-4H3,(H,20,22). The average molecular weight is 344 g/mol. The summed E-state index contributed by atoms with van der Waals surface area (Å²) in [5, 5.41) is 12.6. The van der Waals surface area contributed by atoms with E-state index in [0.29, 0.717) is 18.6 Å². The van der Waals surface area contributed by atoms with Crippen LogP contribution in [0.4, 0.5) is 4.39 Å². The van der Waals surface area contributed by atoms with Gasteiger partial charge in [-0.2, -0.15) is 0 Å². The van der Waals surface area contributed by atoms with Crippen molar-refractivity contribution in [2.75, 3.05) is 13.2 Å². The van der Waals surface area contributed by atoms with E-state index in [2.05, 4.69) is 5.32 Å². The van der Waals surface area contributed by atoms with Crippen LogP contribution in [0.5, 0.6) is 0 Å². The van der Waals surface area contributed by atoms with Crippen LogP contribution in [-0.4, -0.2) is 35.9 Å². The zero-order valence-electron chi connectivity index (χ0n) is 13.9. The Bertz CT molecular complexity index is 620. The topological polar surface area (TPSA) is 58.6 Å². The summed E-state index contributed by atoms with van der Waals surface area (Å²) >= 11 is 5.88. The highest BCUT2D eigenvalue weighted by atomic mass is 35.5. The first-order valence-corrected chi connectivity index (χ1v) is 8.07. The molecule has 0 radical (unpaired) electrons. The first-order valence-electron chi connectivity index (χ1n) is 7.69. The van der Waals surface area contributed by atoms with Crippen molar-refractivity contribution in [2.45, 2.75) is 45.8 Å². The molecule has 1 aliphatic rings. The summed E-state index contributed by atoms with van der Waals surface area (Å²) in [7, 11) is 0. The predicted octanol–water partition coefficient (Wildman–Crippen LogP) is 3.08. The third-order valence-corrected chi connectivity index (χ3v) is 5.55. The van der Waals surface area contributed by atoms with E-state index >= 15 is 0 Å². The van der Waals surface area contributed by atoms with E-state index in [0.717, 1.165) is 0 Å². The molecule has 1 aliphatic carbocycles. The smallest absolute Gasteiger partial charge is 0.254 e. The summed E-state index contributed by atoms with van der Waals surface area (Å²) in [4.78, 5) is 12.5. The second kappa shape index (κ2) is 6.38. The summed E-state index contributed by atoms with van der Waals surface area (Å²) in [6.45, 7) is 7.74. The maximum absolute atomic E-state index is 14.2. The Morgan fingerprint density at radius 2 is 2.17 bits per heavy atom. The first kappa shape index (κ1) is 18.2. The molecule has 0 spiro atoms. The van der Waals surface area contributed by atoms with Crippen LogP contribution in [0.1, 0.15) is 43.1 Å². The lowest BCUT2D eigenvalue weighted by atomic mass is 9.54. The second-order valence-corrected chi connectivity index (χ2v) is 7.00. The number of benzene rings is 1. The molecule has 0 heterocycles. The molecule has 23 heavy (non-hydrogen) atoms. The van der Waals surface area contributed by atoms with Crippen LogP contribution < -0.4 is 5.32 Å². The van der Waals surface area contributed by atoms with Crippen LogP contribution in [0.25, 0.3) is 0 Å². The number of carbonyl (C=O) groups is 1. The second-order valence-electron chi connectivity index (χ2n) is 6.62. The Kier molecular flexibility index (Phi) is 5.04. The molecule has 0 bridgehead atoms. The van der Waals surface area contributed by atoms with Crippen molar-refractivity contribution in [1.82, 2.24) is 5.32 Å². The molecule has 6 heteroatoms. The molecule has 2 rings (SSSR count). The summed E-state index contributed by atoms with van der Waals surface area (Å²) < 4.78 is 19.9. The third-order valence-electron chi connectivity index (χ3n) is 5.08. The van der Waals surface area contributed by atoms with Crippen molar-refractivity contribution < 1.29 is 19.0 Å². The lowest BCUT2D eigenvalue weighted by Crippen LogP contribution is -2.74. The Labute approximate surface area is 141 Å². The van der Waals surface area contributed by atoms with Crippen LogP contribution in [0.15, 0.2) is 12.1 Å². The maximum atomic E-state index is 14.2. The van der Waals surface area contributed by atoms with Crippen molar-refractivity contribution in [1.29, 1.82) is 0 Å². The zero-order chi connectivity index (χ0) is 17.4. The number of aliphatic hydroxyl groups excluding tert-OH is 1. The highest BCUT2D eigenvalue weighted by molar-refractivity contribution is 6.31. The molecule has 0 saturated heterocycles. The molecule has 2 atom stereocenters. The summed E-state index contributed by atoms with van der Waals surface area (Å²) in [6.07, 6.45) is 0.420. The number of hydrogen-bond acceptors (Lipinski definition) is 3. The molecule has 0 aliphatic heterocycles. The van der Waals surface area contributed by atoms with Gasteiger partial charge in [0.05, 0.1) is 28.8 Å². The van der Waals surface area contributed by atoms with Gasteiger partial charge in [0, 0.05) is 18.4 Å². The normalized spacial score (nSPS) is 25.8. The van der Waals surface area contributed by atoms with Gasteiger partial charge >= 0.3 is 0 Å². The van der Waals surface area contributed by atoms with E-state index in [1.54, 1.807) is 13.0 Å².